The Labute approximate surface area is 506 Å². The molecule has 2 heterocycles. The molecule has 14 aromatic carbocycles. The summed E-state index contributed by atoms with van der Waals surface area (Å²) < 4.78 is 2.61. The Hall–Kier alpha value is -10.8. The molecule has 0 N–H and O–H groups in total. The van der Waals surface area contributed by atoms with E-state index in [4.69, 9.17) is 9.97 Å². The summed E-state index contributed by atoms with van der Waals surface area (Å²) in [6.45, 7) is 0. The van der Waals surface area contributed by atoms with Gasteiger partial charge >= 0.3 is 0 Å². The molecule has 87 heavy (non-hydrogen) atoms. The van der Waals surface area contributed by atoms with Crippen LogP contribution in [0.25, 0.3) is 142 Å². The lowest BCUT2D eigenvalue weighted by Gasteiger charge is -2.30. The highest BCUT2D eigenvalue weighted by atomic mass is 32.1. The third-order valence-corrected chi connectivity index (χ3v) is 21.3. The SMILES string of the molecule is c1cc(-c2ccc3sc4ccccc4c3c2)cc(-c2cnc3c4cc(-c5ccc6c(c5)C5(c7ccccc7-c7ccccc75)c5ccccc5-6)ccc4c4ccc(-c5ccc6c(c5)C5(c7ccccc7-c7ccccc75)c5ccccc5-6)cc4c3n2)c1. The second-order valence-electron chi connectivity index (χ2n) is 24.2. The maximum atomic E-state index is 5.77. The minimum atomic E-state index is -0.444. The summed E-state index contributed by atoms with van der Waals surface area (Å²) in [7, 11) is 0. The molecular weight excluding hydrogens is 1070 g/mol. The molecule has 0 saturated heterocycles. The molecule has 0 amide bonds. The molecule has 0 fully saturated rings. The second-order valence-corrected chi connectivity index (χ2v) is 25.2. The first-order valence-corrected chi connectivity index (χ1v) is 31.0. The molecular formula is C84H48N2S. The lowest BCUT2D eigenvalue weighted by atomic mass is 9.70. The van der Waals surface area contributed by atoms with Crippen molar-refractivity contribution in [2.24, 2.45) is 0 Å². The van der Waals surface area contributed by atoms with Crippen LogP contribution in [0.5, 0.6) is 0 Å². The average molecular weight is 1120 g/mol. The molecule has 0 saturated carbocycles. The number of aromatic nitrogens is 2. The number of hydrogen-bond donors (Lipinski definition) is 0. The Morgan fingerprint density at radius 2 is 0.598 bits per heavy atom. The van der Waals surface area contributed by atoms with Crippen LogP contribution in [0.1, 0.15) is 44.5 Å². The van der Waals surface area contributed by atoms with Crippen molar-refractivity contribution in [1.29, 1.82) is 0 Å². The second kappa shape index (κ2) is 17.4. The monoisotopic (exact) mass is 1120 g/mol. The van der Waals surface area contributed by atoms with Crippen LogP contribution in [0, 0.1) is 0 Å². The van der Waals surface area contributed by atoms with Gasteiger partial charge in [-0.05, 0) is 182 Å². The van der Waals surface area contributed by atoms with Gasteiger partial charge in [-0.25, -0.2) is 4.98 Å². The van der Waals surface area contributed by atoms with Crippen molar-refractivity contribution in [1.82, 2.24) is 9.97 Å². The zero-order chi connectivity index (χ0) is 56.7. The van der Waals surface area contributed by atoms with Gasteiger partial charge in [0.15, 0.2) is 0 Å². The maximum Gasteiger partial charge on any atom is 0.0979 e. The summed E-state index contributed by atoms with van der Waals surface area (Å²) in [4.78, 5) is 11.3. The Morgan fingerprint density at radius 3 is 1.10 bits per heavy atom. The van der Waals surface area contributed by atoms with Crippen LogP contribution in [-0.2, 0) is 10.8 Å². The number of hydrogen-bond acceptors (Lipinski definition) is 3. The van der Waals surface area contributed by atoms with Crippen molar-refractivity contribution >= 4 is 64.1 Å². The van der Waals surface area contributed by atoms with E-state index in [1.165, 1.54) is 126 Å². The van der Waals surface area contributed by atoms with Crippen LogP contribution in [0.4, 0.5) is 0 Å². The van der Waals surface area contributed by atoms with Gasteiger partial charge in [-0.3, -0.25) is 4.98 Å². The molecule has 16 aromatic rings. The van der Waals surface area contributed by atoms with Crippen molar-refractivity contribution in [3.63, 3.8) is 0 Å². The van der Waals surface area contributed by atoms with Gasteiger partial charge in [0.2, 0.25) is 0 Å². The van der Waals surface area contributed by atoms with E-state index in [-0.39, 0.29) is 0 Å². The number of rotatable bonds is 4. The fourth-order valence-electron chi connectivity index (χ4n) is 16.5. The summed E-state index contributed by atoms with van der Waals surface area (Å²) in [6.07, 6.45) is 2.00. The highest BCUT2D eigenvalue weighted by Crippen LogP contribution is 2.65. The zero-order valence-corrected chi connectivity index (χ0v) is 47.8. The molecule has 0 aliphatic heterocycles. The highest BCUT2D eigenvalue weighted by molar-refractivity contribution is 7.25. The Morgan fingerprint density at radius 1 is 0.230 bits per heavy atom. The van der Waals surface area contributed by atoms with Crippen LogP contribution in [0.2, 0.25) is 0 Å². The first kappa shape index (κ1) is 47.5. The molecule has 2 nitrogen and oxygen atoms in total. The predicted octanol–water partition coefficient (Wildman–Crippen LogP) is 21.7. The van der Waals surface area contributed by atoms with Crippen LogP contribution in [-0.4, -0.2) is 9.97 Å². The molecule has 4 aliphatic rings. The average Bonchev–Trinajstić information content (AvgIpc) is 1.62. The number of thiophene rings is 1. The third kappa shape index (κ3) is 6.23. The van der Waals surface area contributed by atoms with Crippen molar-refractivity contribution in [3.05, 3.63) is 336 Å². The molecule has 0 unspecified atom stereocenters. The molecule has 2 aromatic heterocycles. The Balaban J connectivity index is 0.786. The van der Waals surface area contributed by atoms with E-state index in [2.05, 4.69) is 285 Å². The summed E-state index contributed by atoms with van der Waals surface area (Å²) in [5.41, 5.74) is 30.8. The molecule has 0 bridgehead atoms. The van der Waals surface area contributed by atoms with E-state index in [0.717, 1.165) is 60.5 Å². The first-order chi connectivity index (χ1) is 43.1. The molecule has 2 spiro atoms. The standard InChI is InChI=1S/C84H48N2S/c1-8-25-70-58(18-1)59-19-2-9-26-71(59)83(70)74-29-12-5-22-62(74)64-39-34-53(46-76(64)83)50-32-37-56-57-38-33-51(54-35-40-65-63-23-6-13-30-75(63)84(77(65)47-54)72-27-10-3-20-60(72)61-21-4-11-28-73(61)84)45-69(57)82-81(68(56)44-50)85-48-78(86-82)55-17-15-16-49(42-55)52-36-41-80-67(43-52)66-24-7-14-31-79(66)87-80/h1-48H. The van der Waals surface area contributed by atoms with E-state index in [1.54, 1.807) is 0 Å². The predicted molar refractivity (Wildman–Crippen MR) is 362 cm³/mol. The fourth-order valence-corrected chi connectivity index (χ4v) is 17.6. The molecule has 20 rings (SSSR count). The minimum Gasteiger partial charge on any atom is -0.252 e. The topological polar surface area (TPSA) is 25.8 Å². The van der Waals surface area contributed by atoms with E-state index in [9.17, 15) is 0 Å². The first-order valence-electron chi connectivity index (χ1n) is 30.2. The van der Waals surface area contributed by atoms with Gasteiger partial charge < -0.3 is 0 Å². The zero-order valence-electron chi connectivity index (χ0n) is 47.0. The third-order valence-electron chi connectivity index (χ3n) is 20.1. The minimum absolute atomic E-state index is 0.438. The van der Waals surface area contributed by atoms with Gasteiger partial charge in [0.25, 0.3) is 0 Å². The van der Waals surface area contributed by atoms with Crippen molar-refractivity contribution in [2.45, 2.75) is 10.8 Å². The lowest BCUT2D eigenvalue weighted by molar-refractivity contribution is 0.794. The van der Waals surface area contributed by atoms with E-state index < -0.39 is 10.8 Å². The van der Waals surface area contributed by atoms with Crippen LogP contribution in [0.3, 0.4) is 0 Å². The van der Waals surface area contributed by atoms with Crippen molar-refractivity contribution in [3.8, 4) is 89.1 Å². The Bertz CT molecular complexity index is 5620. The maximum absolute atomic E-state index is 5.77. The van der Waals surface area contributed by atoms with E-state index >= 15 is 0 Å². The quantitative estimate of drug-likeness (QED) is 0.164. The van der Waals surface area contributed by atoms with Crippen LogP contribution < -0.4 is 0 Å². The fraction of sp³-hybridized carbons (Fsp3) is 0.0238. The number of nitrogens with zero attached hydrogens (tertiary/aromatic N) is 2. The summed E-state index contributed by atoms with van der Waals surface area (Å²) in [5, 5.41) is 7.05. The number of benzene rings is 14. The Kier molecular flexibility index (Phi) is 9.50. The van der Waals surface area contributed by atoms with Gasteiger partial charge in [-0.2, -0.15) is 0 Å². The number of fused-ring (bicyclic) bond motifs is 29. The van der Waals surface area contributed by atoms with Crippen molar-refractivity contribution in [2.75, 3.05) is 0 Å². The van der Waals surface area contributed by atoms with Gasteiger partial charge in [0, 0.05) is 36.5 Å². The van der Waals surface area contributed by atoms with Crippen LogP contribution in [0.15, 0.2) is 291 Å². The normalized spacial score (nSPS) is 13.9. The largest absolute Gasteiger partial charge is 0.252 e. The molecule has 4 aliphatic carbocycles. The van der Waals surface area contributed by atoms with Gasteiger partial charge in [0.05, 0.1) is 33.8 Å². The van der Waals surface area contributed by atoms with Crippen LogP contribution >= 0.6 is 11.3 Å². The van der Waals surface area contributed by atoms with E-state index in [1.807, 2.05) is 17.5 Å². The van der Waals surface area contributed by atoms with Gasteiger partial charge in [-0.1, -0.05) is 237 Å². The highest BCUT2D eigenvalue weighted by Gasteiger charge is 2.53. The molecule has 3 heteroatoms. The van der Waals surface area contributed by atoms with Crippen molar-refractivity contribution < 1.29 is 0 Å². The summed E-state index contributed by atoms with van der Waals surface area (Å²) in [5.74, 6) is 0. The lowest BCUT2D eigenvalue weighted by Crippen LogP contribution is -2.25. The summed E-state index contributed by atoms with van der Waals surface area (Å²) in [6, 6.07) is 107. The molecule has 0 atom stereocenters. The van der Waals surface area contributed by atoms with Gasteiger partial charge in [-0.15, -0.1) is 11.3 Å². The smallest absolute Gasteiger partial charge is 0.0979 e. The van der Waals surface area contributed by atoms with E-state index in [0.29, 0.717) is 0 Å². The molecule has 400 valence electrons. The van der Waals surface area contributed by atoms with Gasteiger partial charge in [0.1, 0.15) is 0 Å². The summed E-state index contributed by atoms with van der Waals surface area (Å²) >= 11 is 1.85. The molecule has 0 radical (unpaired) electrons.